The highest BCUT2D eigenvalue weighted by molar-refractivity contribution is 7.99. The van der Waals surface area contributed by atoms with Crippen molar-refractivity contribution in [2.75, 3.05) is 18.1 Å². The van der Waals surface area contributed by atoms with E-state index in [9.17, 15) is 4.79 Å². The molecule has 4 heteroatoms. The molecule has 1 aliphatic rings. The number of carbonyl (C=O) groups excluding carboxylic acids is 1. The zero-order valence-corrected chi connectivity index (χ0v) is 10.2. The number of hydrogen-bond acceptors (Lipinski definition) is 3. The molecule has 1 aliphatic carbocycles. The zero-order valence-electron chi connectivity index (χ0n) is 9.37. The second kappa shape index (κ2) is 7.12. The van der Waals surface area contributed by atoms with Gasteiger partial charge in [0.25, 0.3) is 0 Å². The fraction of sp³-hybridized carbons (Fsp3) is 0.909. The molecule has 88 valence electrons. The number of nitrogens with one attached hydrogen (secondary N) is 1. The van der Waals surface area contributed by atoms with Gasteiger partial charge in [-0.15, -0.1) is 0 Å². The molecule has 1 unspecified atom stereocenters. The number of aliphatic hydroxyl groups excluding tert-OH is 1. The minimum absolute atomic E-state index is 0.150. The van der Waals surface area contributed by atoms with Gasteiger partial charge in [0.2, 0.25) is 5.91 Å². The van der Waals surface area contributed by atoms with Crippen LogP contribution in [0.25, 0.3) is 0 Å². The number of thioether (sulfide) groups is 1. The van der Waals surface area contributed by atoms with E-state index in [4.69, 9.17) is 5.11 Å². The van der Waals surface area contributed by atoms with Gasteiger partial charge in [0.1, 0.15) is 0 Å². The van der Waals surface area contributed by atoms with Crippen LogP contribution in [0.1, 0.15) is 32.6 Å². The lowest BCUT2D eigenvalue weighted by atomic mass is 10.2. The van der Waals surface area contributed by atoms with E-state index in [1.807, 2.05) is 6.92 Å². The van der Waals surface area contributed by atoms with Gasteiger partial charge in [0, 0.05) is 12.6 Å². The Labute approximate surface area is 96.0 Å². The monoisotopic (exact) mass is 231 g/mol. The van der Waals surface area contributed by atoms with Crippen molar-refractivity contribution in [3.05, 3.63) is 0 Å². The van der Waals surface area contributed by atoms with E-state index in [2.05, 4.69) is 5.32 Å². The normalized spacial score (nSPS) is 19.1. The van der Waals surface area contributed by atoms with Gasteiger partial charge in [-0.25, -0.2) is 0 Å². The molecule has 0 aliphatic heterocycles. The van der Waals surface area contributed by atoms with Crippen LogP contribution in [-0.2, 0) is 4.79 Å². The lowest BCUT2D eigenvalue weighted by Crippen LogP contribution is -2.34. The van der Waals surface area contributed by atoms with Crippen molar-refractivity contribution in [1.29, 1.82) is 0 Å². The van der Waals surface area contributed by atoms with Crippen LogP contribution < -0.4 is 5.32 Å². The first-order valence-corrected chi connectivity index (χ1v) is 6.85. The summed E-state index contributed by atoms with van der Waals surface area (Å²) in [4.78, 5) is 11.5. The zero-order chi connectivity index (χ0) is 11.1. The van der Waals surface area contributed by atoms with Crippen molar-refractivity contribution in [1.82, 2.24) is 5.32 Å². The van der Waals surface area contributed by atoms with Crippen molar-refractivity contribution >= 4 is 17.7 Å². The fourth-order valence-electron chi connectivity index (χ4n) is 1.74. The molecule has 1 fully saturated rings. The number of carbonyl (C=O) groups is 1. The quantitative estimate of drug-likeness (QED) is 0.726. The SMILES string of the molecule is CC(CO)CSCC(=O)NC1CCCC1. The Morgan fingerprint density at radius 1 is 1.53 bits per heavy atom. The molecule has 2 N–H and O–H groups in total. The standard InChI is InChI=1S/C11H21NO2S/c1-9(6-13)7-15-8-11(14)12-10-4-2-3-5-10/h9-10,13H,2-8H2,1H3,(H,12,14). The van der Waals surface area contributed by atoms with Crippen molar-refractivity contribution in [2.45, 2.75) is 38.6 Å². The highest BCUT2D eigenvalue weighted by Crippen LogP contribution is 2.17. The maximum Gasteiger partial charge on any atom is 0.230 e. The van der Waals surface area contributed by atoms with E-state index in [1.54, 1.807) is 11.8 Å². The molecule has 0 aromatic rings. The molecule has 1 rings (SSSR count). The largest absolute Gasteiger partial charge is 0.396 e. The van der Waals surface area contributed by atoms with E-state index in [1.165, 1.54) is 12.8 Å². The molecule has 3 nitrogen and oxygen atoms in total. The molecule has 0 spiro atoms. The Bertz CT molecular complexity index is 193. The van der Waals surface area contributed by atoms with Gasteiger partial charge in [-0.1, -0.05) is 19.8 Å². The molecule has 1 amide bonds. The van der Waals surface area contributed by atoms with Crippen LogP contribution in [0.2, 0.25) is 0 Å². The van der Waals surface area contributed by atoms with Crippen molar-refractivity contribution in [3.63, 3.8) is 0 Å². The van der Waals surface area contributed by atoms with Gasteiger partial charge < -0.3 is 10.4 Å². The predicted octanol–water partition coefficient (Wildman–Crippen LogP) is 1.41. The van der Waals surface area contributed by atoms with E-state index in [0.717, 1.165) is 18.6 Å². The molecule has 0 heterocycles. The molecule has 1 saturated carbocycles. The summed E-state index contributed by atoms with van der Waals surface area (Å²) in [5, 5.41) is 11.9. The first-order valence-electron chi connectivity index (χ1n) is 5.70. The molecule has 0 aromatic heterocycles. The summed E-state index contributed by atoms with van der Waals surface area (Å²) in [7, 11) is 0. The van der Waals surface area contributed by atoms with Crippen molar-refractivity contribution in [2.24, 2.45) is 5.92 Å². The lowest BCUT2D eigenvalue weighted by molar-refractivity contribution is -0.119. The topological polar surface area (TPSA) is 49.3 Å². The molecule has 0 saturated heterocycles. The van der Waals surface area contributed by atoms with Crippen molar-refractivity contribution in [3.8, 4) is 0 Å². The van der Waals surface area contributed by atoms with Crippen LogP contribution >= 0.6 is 11.8 Å². The molecule has 1 atom stereocenters. The van der Waals surface area contributed by atoms with E-state index in [0.29, 0.717) is 11.8 Å². The molecule has 0 aromatic carbocycles. The van der Waals surface area contributed by atoms with Crippen LogP contribution in [0, 0.1) is 5.92 Å². The summed E-state index contributed by atoms with van der Waals surface area (Å²) in [6, 6.07) is 0.424. The van der Waals surface area contributed by atoms with E-state index in [-0.39, 0.29) is 18.4 Å². The second-order valence-electron chi connectivity index (χ2n) is 4.35. The average molecular weight is 231 g/mol. The van der Waals surface area contributed by atoms with Gasteiger partial charge in [-0.3, -0.25) is 4.79 Å². The molecule has 15 heavy (non-hydrogen) atoms. The van der Waals surface area contributed by atoms with Crippen LogP contribution in [0.15, 0.2) is 0 Å². The maximum atomic E-state index is 11.5. The minimum Gasteiger partial charge on any atom is -0.396 e. The lowest BCUT2D eigenvalue weighted by Gasteiger charge is -2.12. The van der Waals surface area contributed by atoms with Crippen LogP contribution in [-0.4, -0.2) is 35.2 Å². The number of aliphatic hydroxyl groups is 1. The Morgan fingerprint density at radius 3 is 2.80 bits per heavy atom. The molecule has 0 radical (unpaired) electrons. The van der Waals surface area contributed by atoms with Gasteiger partial charge in [-0.05, 0) is 24.5 Å². The first-order chi connectivity index (χ1) is 7.22. The molecular formula is C11H21NO2S. The predicted molar refractivity (Wildman–Crippen MR) is 64.0 cm³/mol. The highest BCUT2D eigenvalue weighted by Gasteiger charge is 2.16. The van der Waals surface area contributed by atoms with Gasteiger partial charge in [-0.2, -0.15) is 11.8 Å². The Kier molecular flexibility index (Phi) is 6.10. The third-order valence-electron chi connectivity index (χ3n) is 2.67. The van der Waals surface area contributed by atoms with Crippen molar-refractivity contribution < 1.29 is 9.90 Å². The summed E-state index contributed by atoms with van der Waals surface area (Å²) < 4.78 is 0. The third kappa shape index (κ3) is 5.42. The smallest absolute Gasteiger partial charge is 0.230 e. The molecule has 0 bridgehead atoms. The summed E-state index contributed by atoms with van der Waals surface area (Å²) >= 11 is 1.61. The maximum absolute atomic E-state index is 11.5. The van der Waals surface area contributed by atoms with Crippen LogP contribution in [0.5, 0.6) is 0 Å². The number of amides is 1. The summed E-state index contributed by atoms with van der Waals surface area (Å²) in [6.45, 7) is 2.19. The van der Waals surface area contributed by atoms with Gasteiger partial charge >= 0.3 is 0 Å². The highest BCUT2D eigenvalue weighted by atomic mass is 32.2. The fourth-order valence-corrected chi connectivity index (χ4v) is 2.64. The van der Waals surface area contributed by atoms with E-state index < -0.39 is 0 Å². The minimum atomic E-state index is 0.150. The first kappa shape index (κ1) is 12.8. The number of rotatable bonds is 6. The Hall–Kier alpha value is -0.220. The Balaban J connectivity index is 2.02. The van der Waals surface area contributed by atoms with E-state index >= 15 is 0 Å². The summed E-state index contributed by atoms with van der Waals surface area (Å²) in [6.07, 6.45) is 4.78. The van der Waals surface area contributed by atoms with Gasteiger partial charge in [0.15, 0.2) is 0 Å². The summed E-state index contributed by atoms with van der Waals surface area (Å²) in [5.41, 5.74) is 0. The molecular weight excluding hydrogens is 210 g/mol. The number of hydrogen-bond donors (Lipinski definition) is 2. The Morgan fingerprint density at radius 2 is 2.20 bits per heavy atom. The third-order valence-corrected chi connectivity index (χ3v) is 3.94. The summed E-state index contributed by atoms with van der Waals surface area (Å²) in [5.74, 6) is 1.82. The average Bonchev–Trinajstić information content (AvgIpc) is 2.70. The second-order valence-corrected chi connectivity index (χ2v) is 5.38. The van der Waals surface area contributed by atoms with Crippen LogP contribution in [0.4, 0.5) is 0 Å². The van der Waals surface area contributed by atoms with Gasteiger partial charge in [0.05, 0.1) is 5.75 Å². The van der Waals surface area contributed by atoms with Crippen LogP contribution in [0.3, 0.4) is 0 Å².